The first-order chi connectivity index (χ1) is 8.20. The lowest BCUT2D eigenvalue weighted by atomic mass is 9.85. The number of hydrogen-bond acceptors (Lipinski definition) is 3. The van der Waals surface area contributed by atoms with Gasteiger partial charge in [0, 0.05) is 24.5 Å². The Morgan fingerprint density at radius 3 is 2.41 bits per heavy atom. The maximum atomic E-state index is 8.93. The van der Waals surface area contributed by atoms with Crippen molar-refractivity contribution in [3.8, 4) is 6.07 Å². The van der Waals surface area contributed by atoms with E-state index in [1.165, 1.54) is 38.8 Å². The Morgan fingerprint density at radius 1 is 1.12 bits per heavy atom. The Kier molecular flexibility index (Phi) is 4.42. The second-order valence-electron chi connectivity index (χ2n) is 5.86. The van der Waals surface area contributed by atoms with E-state index in [2.05, 4.69) is 30.0 Å². The molecule has 2 rings (SSSR count). The van der Waals surface area contributed by atoms with Crippen LogP contribution in [0.2, 0.25) is 0 Å². The first-order valence-corrected chi connectivity index (χ1v) is 7.01. The molecule has 1 saturated carbocycles. The van der Waals surface area contributed by atoms with E-state index in [0.717, 1.165) is 24.9 Å². The lowest BCUT2D eigenvalue weighted by Gasteiger charge is -2.42. The van der Waals surface area contributed by atoms with Gasteiger partial charge in [-0.2, -0.15) is 5.26 Å². The van der Waals surface area contributed by atoms with Crippen molar-refractivity contribution in [1.82, 2.24) is 9.80 Å². The van der Waals surface area contributed by atoms with E-state index in [9.17, 15) is 0 Å². The van der Waals surface area contributed by atoms with Crippen molar-refractivity contribution < 1.29 is 0 Å². The zero-order valence-electron chi connectivity index (χ0n) is 11.2. The van der Waals surface area contributed by atoms with Crippen LogP contribution in [0, 0.1) is 17.2 Å². The molecular formula is C14H25N3. The molecule has 0 radical (unpaired) electrons. The Hall–Kier alpha value is -0.590. The van der Waals surface area contributed by atoms with Crippen LogP contribution in [-0.2, 0) is 0 Å². The largest absolute Gasteiger partial charge is 0.305 e. The van der Waals surface area contributed by atoms with Crippen molar-refractivity contribution >= 4 is 0 Å². The maximum Gasteiger partial charge on any atom is 0.0655 e. The second-order valence-corrected chi connectivity index (χ2v) is 5.86. The van der Waals surface area contributed by atoms with Gasteiger partial charge in [-0.1, -0.05) is 0 Å². The monoisotopic (exact) mass is 235 g/mol. The predicted molar refractivity (Wildman–Crippen MR) is 69.6 cm³/mol. The molecule has 1 heterocycles. The summed E-state index contributed by atoms with van der Waals surface area (Å²) in [6.07, 6.45) is 7.32. The van der Waals surface area contributed by atoms with Gasteiger partial charge >= 0.3 is 0 Å². The summed E-state index contributed by atoms with van der Waals surface area (Å²) in [5, 5.41) is 8.93. The van der Waals surface area contributed by atoms with E-state index in [-0.39, 0.29) is 0 Å². The van der Waals surface area contributed by atoms with Crippen molar-refractivity contribution in [3.63, 3.8) is 0 Å². The summed E-state index contributed by atoms with van der Waals surface area (Å²) in [5.41, 5.74) is 0. The molecule has 0 aromatic heterocycles. The molecule has 2 fully saturated rings. The third-order valence-corrected chi connectivity index (χ3v) is 4.63. The number of likely N-dealkylation sites (N-methyl/N-ethyl adjacent to an activating group) is 2. The number of likely N-dealkylation sites (tertiary alicyclic amines) is 1. The second kappa shape index (κ2) is 5.84. The van der Waals surface area contributed by atoms with Gasteiger partial charge in [-0.25, -0.2) is 0 Å². The van der Waals surface area contributed by atoms with Crippen molar-refractivity contribution in [3.05, 3.63) is 0 Å². The number of nitriles is 1. The van der Waals surface area contributed by atoms with Crippen molar-refractivity contribution in [2.24, 2.45) is 5.92 Å². The highest BCUT2D eigenvalue weighted by Gasteiger charge is 2.29. The zero-order valence-corrected chi connectivity index (χ0v) is 11.2. The minimum atomic E-state index is 0.327. The van der Waals surface area contributed by atoms with E-state index in [4.69, 9.17) is 5.26 Å². The normalized spacial score (nSPS) is 35.8. The lowest BCUT2D eigenvalue weighted by Crippen LogP contribution is -2.49. The van der Waals surface area contributed by atoms with E-state index >= 15 is 0 Å². The molecule has 1 atom stereocenters. The van der Waals surface area contributed by atoms with Gasteiger partial charge < -0.3 is 4.90 Å². The average molecular weight is 235 g/mol. The van der Waals surface area contributed by atoms with Gasteiger partial charge in [-0.15, -0.1) is 0 Å². The Morgan fingerprint density at radius 2 is 1.82 bits per heavy atom. The Labute approximate surface area is 105 Å². The molecule has 0 amide bonds. The van der Waals surface area contributed by atoms with Gasteiger partial charge in [-0.3, -0.25) is 4.90 Å². The van der Waals surface area contributed by atoms with Crippen molar-refractivity contribution in [2.75, 3.05) is 27.2 Å². The van der Waals surface area contributed by atoms with Crippen LogP contribution >= 0.6 is 0 Å². The molecule has 0 aromatic rings. The first kappa shape index (κ1) is 12.9. The van der Waals surface area contributed by atoms with Crippen LogP contribution in [0.1, 0.15) is 38.5 Å². The number of piperidine rings is 1. The van der Waals surface area contributed by atoms with Crippen LogP contribution in [0.5, 0.6) is 0 Å². The molecule has 1 aliphatic heterocycles. The van der Waals surface area contributed by atoms with E-state index in [1.807, 2.05) is 0 Å². The standard InChI is InChI=1S/C14H25N3/c1-16-9-3-4-14(11-16)17(2)13-7-5-12(10-15)6-8-13/h12-14H,3-9,11H2,1-2H3. The fraction of sp³-hybridized carbons (Fsp3) is 0.929. The molecular weight excluding hydrogens is 210 g/mol. The number of rotatable bonds is 2. The highest BCUT2D eigenvalue weighted by molar-refractivity contribution is 4.91. The highest BCUT2D eigenvalue weighted by atomic mass is 15.2. The third kappa shape index (κ3) is 3.20. The molecule has 3 nitrogen and oxygen atoms in total. The third-order valence-electron chi connectivity index (χ3n) is 4.63. The van der Waals surface area contributed by atoms with Gasteiger partial charge in [0.1, 0.15) is 0 Å². The molecule has 0 bridgehead atoms. The summed E-state index contributed by atoms with van der Waals surface area (Å²) in [5.74, 6) is 0.327. The molecule has 96 valence electrons. The summed E-state index contributed by atoms with van der Waals surface area (Å²) in [4.78, 5) is 5.05. The summed E-state index contributed by atoms with van der Waals surface area (Å²) >= 11 is 0. The first-order valence-electron chi connectivity index (χ1n) is 7.01. The van der Waals surface area contributed by atoms with Crippen molar-refractivity contribution in [1.29, 1.82) is 5.26 Å². The topological polar surface area (TPSA) is 30.3 Å². The summed E-state index contributed by atoms with van der Waals surface area (Å²) < 4.78 is 0. The minimum Gasteiger partial charge on any atom is -0.305 e. The van der Waals surface area contributed by atoms with E-state index in [1.54, 1.807) is 0 Å². The van der Waals surface area contributed by atoms with Crippen LogP contribution in [0.25, 0.3) is 0 Å². The molecule has 0 N–H and O–H groups in total. The number of nitrogens with zero attached hydrogens (tertiary/aromatic N) is 3. The molecule has 1 saturated heterocycles. The fourth-order valence-corrected chi connectivity index (χ4v) is 3.38. The number of hydrogen-bond donors (Lipinski definition) is 0. The van der Waals surface area contributed by atoms with E-state index < -0.39 is 0 Å². The van der Waals surface area contributed by atoms with Crippen LogP contribution in [0.3, 0.4) is 0 Å². The van der Waals surface area contributed by atoms with Crippen LogP contribution < -0.4 is 0 Å². The molecule has 17 heavy (non-hydrogen) atoms. The van der Waals surface area contributed by atoms with Gasteiger partial charge in [0.15, 0.2) is 0 Å². The molecule has 0 aromatic carbocycles. The quantitative estimate of drug-likeness (QED) is 0.734. The van der Waals surface area contributed by atoms with Gasteiger partial charge in [0.05, 0.1) is 6.07 Å². The lowest BCUT2D eigenvalue weighted by molar-refractivity contribution is 0.0770. The highest BCUT2D eigenvalue weighted by Crippen LogP contribution is 2.28. The van der Waals surface area contributed by atoms with Crippen molar-refractivity contribution in [2.45, 2.75) is 50.6 Å². The predicted octanol–water partition coefficient (Wildman–Crippen LogP) is 2.09. The van der Waals surface area contributed by atoms with E-state index in [0.29, 0.717) is 5.92 Å². The van der Waals surface area contributed by atoms with Crippen LogP contribution in [0.15, 0.2) is 0 Å². The molecule has 3 heteroatoms. The van der Waals surface area contributed by atoms with Gasteiger partial charge in [0.2, 0.25) is 0 Å². The van der Waals surface area contributed by atoms with Gasteiger partial charge in [0.25, 0.3) is 0 Å². The smallest absolute Gasteiger partial charge is 0.0655 e. The summed E-state index contributed by atoms with van der Waals surface area (Å²) in [6, 6.07) is 3.88. The fourth-order valence-electron chi connectivity index (χ4n) is 3.38. The Bertz CT molecular complexity index is 276. The Balaban J connectivity index is 1.83. The van der Waals surface area contributed by atoms with Crippen LogP contribution in [0.4, 0.5) is 0 Å². The van der Waals surface area contributed by atoms with Crippen LogP contribution in [-0.4, -0.2) is 49.1 Å². The summed E-state index contributed by atoms with van der Waals surface area (Å²) in [7, 11) is 4.52. The maximum absolute atomic E-state index is 8.93. The molecule has 1 unspecified atom stereocenters. The molecule has 1 aliphatic carbocycles. The minimum absolute atomic E-state index is 0.327. The average Bonchev–Trinajstić information content (AvgIpc) is 2.38. The SMILES string of the molecule is CN1CCCC(N(C)C2CCC(C#N)CC2)C1. The molecule has 2 aliphatic rings. The summed E-state index contributed by atoms with van der Waals surface area (Å²) in [6.45, 7) is 2.47. The molecule has 0 spiro atoms. The van der Waals surface area contributed by atoms with Gasteiger partial charge in [-0.05, 0) is 59.2 Å². The zero-order chi connectivity index (χ0) is 12.3.